The van der Waals surface area contributed by atoms with E-state index in [9.17, 15) is 0 Å². The Bertz CT molecular complexity index is 662. The highest BCUT2D eigenvalue weighted by Gasteiger charge is 2.01. The number of rotatable bonds is 4. The molecule has 4 nitrogen and oxygen atoms in total. The lowest BCUT2D eigenvalue weighted by molar-refractivity contribution is 1.00. The van der Waals surface area contributed by atoms with E-state index in [0.717, 1.165) is 29.6 Å². The van der Waals surface area contributed by atoms with Crippen LogP contribution in [0.25, 0.3) is 10.9 Å². The summed E-state index contributed by atoms with van der Waals surface area (Å²) < 4.78 is 0. The largest absolute Gasteiger partial charge is 0.383 e. The van der Waals surface area contributed by atoms with Gasteiger partial charge in [0.15, 0.2) is 0 Å². The molecule has 0 atom stereocenters. The number of aromatic nitrogens is 3. The molecule has 0 unspecified atom stereocenters. The molecular weight excluding hydrogens is 236 g/mol. The van der Waals surface area contributed by atoms with E-state index < -0.39 is 0 Å². The van der Waals surface area contributed by atoms with Gasteiger partial charge in [-0.1, -0.05) is 18.2 Å². The first kappa shape index (κ1) is 11.6. The second kappa shape index (κ2) is 5.44. The monoisotopic (exact) mass is 250 g/mol. The molecule has 0 spiro atoms. The Hall–Kier alpha value is -2.49. The number of hydrogen-bond acceptors (Lipinski definition) is 4. The lowest BCUT2D eigenvalue weighted by Crippen LogP contribution is -2.06. The van der Waals surface area contributed by atoms with Crippen LogP contribution in [-0.4, -0.2) is 21.7 Å². The van der Waals surface area contributed by atoms with Gasteiger partial charge in [-0.3, -0.25) is 4.98 Å². The van der Waals surface area contributed by atoms with E-state index in [1.807, 2.05) is 42.7 Å². The predicted octanol–water partition coefficient (Wildman–Crippen LogP) is 2.68. The third-order valence-electron chi connectivity index (χ3n) is 3.03. The molecule has 0 amide bonds. The van der Waals surface area contributed by atoms with Crippen molar-refractivity contribution in [1.29, 1.82) is 0 Å². The summed E-state index contributed by atoms with van der Waals surface area (Å²) in [5.41, 5.74) is 3.21. The fraction of sp³-hybridized carbons (Fsp3) is 0.133. The van der Waals surface area contributed by atoms with E-state index in [-0.39, 0.29) is 0 Å². The summed E-state index contributed by atoms with van der Waals surface area (Å²) in [4.78, 5) is 4.01. The molecule has 3 rings (SSSR count). The van der Waals surface area contributed by atoms with Crippen molar-refractivity contribution in [3.8, 4) is 0 Å². The number of benzene rings is 1. The number of fused-ring (bicyclic) bond motifs is 1. The molecule has 0 saturated carbocycles. The molecule has 0 saturated heterocycles. The maximum absolute atomic E-state index is 4.11. The van der Waals surface area contributed by atoms with Gasteiger partial charge in [-0.15, -0.1) is 0 Å². The minimum Gasteiger partial charge on any atom is -0.383 e. The lowest BCUT2D eigenvalue weighted by atomic mass is 10.2. The van der Waals surface area contributed by atoms with E-state index in [2.05, 4.69) is 26.6 Å². The SMILES string of the molecule is c1ccc2c(NCCc3ccncc3)cnnc2c1. The molecule has 2 heterocycles. The van der Waals surface area contributed by atoms with Crippen molar-refractivity contribution in [3.63, 3.8) is 0 Å². The van der Waals surface area contributed by atoms with Gasteiger partial charge in [0.1, 0.15) is 0 Å². The molecule has 19 heavy (non-hydrogen) atoms. The van der Waals surface area contributed by atoms with E-state index in [1.165, 1.54) is 5.56 Å². The summed E-state index contributed by atoms with van der Waals surface area (Å²) in [6.07, 6.45) is 6.37. The quantitative estimate of drug-likeness (QED) is 0.773. The fourth-order valence-electron chi connectivity index (χ4n) is 2.04. The van der Waals surface area contributed by atoms with Crippen LogP contribution in [0.4, 0.5) is 5.69 Å². The van der Waals surface area contributed by atoms with Gasteiger partial charge in [-0.2, -0.15) is 10.2 Å². The van der Waals surface area contributed by atoms with Crippen LogP contribution >= 0.6 is 0 Å². The summed E-state index contributed by atoms with van der Waals surface area (Å²) in [6.45, 7) is 0.861. The number of nitrogens with one attached hydrogen (secondary N) is 1. The Morgan fingerprint density at radius 2 is 1.84 bits per heavy atom. The Kier molecular flexibility index (Phi) is 3.32. The summed E-state index contributed by atoms with van der Waals surface area (Å²) in [6, 6.07) is 12.1. The highest BCUT2D eigenvalue weighted by atomic mass is 15.1. The molecule has 0 aliphatic rings. The second-order valence-electron chi connectivity index (χ2n) is 4.31. The average molecular weight is 250 g/mol. The van der Waals surface area contributed by atoms with Gasteiger partial charge in [0.05, 0.1) is 17.4 Å². The van der Waals surface area contributed by atoms with Crippen LogP contribution in [-0.2, 0) is 6.42 Å². The zero-order valence-corrected chi connectivity index (χ0v) is 10.5. The third kappa shape index (κ3) is 2.68. The van der Waals surface area contributed by atoms with Crippen molar-refractivity contribution < 1.29 is 0 Å². The van der Waals surface area contributed by atoms with E-state index in [1.54, 1.807) is 6.20 Å². The molecule has 3 aromatic rings. The van der Waals surface area contributed by atoms with Crippen LogP contribution in [0.2, 0.25) is 0 Å². The van der Waals surface area contributed by atoms with Gasteiger partial charge in [0.25, 0.3) is 0 Å². The van der Waals surface area contributed by atoms with Gasteiger partial charge in [-0.25, -0.2) is 0 Å². The summed E-state index contributed by atoms with van der Waals surface area (Å²) in [7, 11) is 0. The highest BCUT2D eigenvalue weighted by Crippen LogP contribution is 2.19. The topological polar surface area (TPSA) is 50.7 Å². The summed E-state index contributed by atoms with van der Waals surface area (Å²) in [5, 5.41) is 12.6. The summed E-state index contributed by atoms with van der Waals surface area (Å²) >= 11 is 0. The number of nitrogens with zero attached hydrogens (tertiary/aromatic N) is 3. The first-order valence-electron chi connectivity index (χ1n) is 6.27. The van der Waals surface area contributed by atoms with E-state index >= 15 is 0 Å². The molecule has 0 bridgehead atoms. The van der Waals surface area contributed by atoms with Crippen molar-refractivity contribution in [2.75, 3.05) is 11.9 Å². The Balaban J connectivity index is 1.72. The molecule has 0 aliphatic heterocycles. The van der Waals surface area contributed by atoms with Crippen molar-refractivity contribution in [3.05, 3.63) is 60.6 Å². The molecule has 0 aliphatic carbocycles. The molecule has 94 valence electrons. The van der Waals surface area contributed by atoms with Crippen molar-refractivity contribution in [2.24, 2.45) is 0 Å². The van der Waals surface area contributed by atoms with E-state index in [4.69, 9.17) is 0 Å². The lowest BCUT2D eigenvalue weighted by Gasteiger charge is -2.08. The van der Waals surface area contributed by atoms with Gasteiger partial charge in [0.2, 0.25) is 0 Å². The molecular formula is C15H14N4. The van der Waals surface area contributed by atoms with Crippen LogP contribution < -0.4 is 5.32 Å². The highest BCUT2D eigenvalue weighted by molar-refractivity contribution is 5.90. The molecule has 4 heteroatoms. The van der Waals surface area contributed by atoms with Crippen LogP contribution in [0.3, 0.4) is 0 Å². The van der Waals surface area contributed by atoms with Gasteiger partial charge in [-0.05, 0) is 30.2 Å². The average Bonchev–Trinajstić information content (AvgIpc) is 2.49. The van der Waals surface area contributed by atoms with Crippen molar-refractivity contribution >= 4 is 16.6 Å². The zero-order chi connectivity index (χ0) is 12.9. The standard InChI is InChI=1S/C15H14N4/c1-2-4-14-13(3-1)15(11-18-19-14)17-10-7-12-5-8-16-9-6-12/h1-6,8-9,11H,7,10H2,(H,17,19). The Morgan fingerprint density at radius 3 is 2.74 bits per heavy atom. The van der Waals surface area contributed by atoms with Crippen LogP contribution in [0.5, 0.6) is 0 Å². The normalized spacial score (nSPS) is 10.5. The van der Waals surface area contributed by atoms with Crippen LogP contribution in [0, 0.1) is 0 Å². The maximum atomic E-state index is 4.11. The minimum atomic E-state index is 0.861. The molecule has 2 aromatic heterocycles. The zero-order valence-electron chi connectivity index (χ0n) is 10.5. The van der Waals surface area contributed by atoms with Crippen LogP contribution in [0.15, 0.2) is 55.0 Å². The molecule has 0 radical (unpaired) electrons. The smallest absolute Gasteiger partial charge is 0.0950 e. The Labute approximate surface area is 111 Å². The van der Waals surface area contributed by atoms with Crippen molar-refractivity contribution in [1.82, 2.24) is 15.2 Å². The van der Waals surface area contributed by atoms with Crippen molar-refractivity contribution in [2.45, 2.75) is 6.42 Å². The molecule has 1 aromatic carbocycles. The third-order valence-corrected chi connectivity index (χ3v) is 3.03. The van der Waals surface area contributed by atoms with E-state index in [0.29, 0.717) is 0 Å². The predicted molar refractivity (Wildman–Crippen MR) is 76.0 cm³/mol. The fourth-order valence-corrected chi connectivity index (χ4v) is 2.04. The molecule has 1 N–H and O–H groups in total. The first-order valence-corrected chi connectivity index (χ1v) is 6.27. The molecule has 0 fully saturated rings. The number of pyridine rings is 1. The number of anilines is 1. The number of hydrogen-bond donors (Lipinski definition) is 1. The minimum absolute atomic E-state index is 0.861. The maximum Gasteiger partial charge on any atom is 0.0950 e. The van der Waals surface area contributed by atoms with Gasteiger partial charge in [0, 0.05) is 24.3 Å². The van der Waals surface area contributed by atoms with Gasteiger partial charge >= 0.3 is 0 Å². The Morgan fingerprint density at radius 1 is 1.00 bits per heavy atom. The summed E-state index contributed by atoms with van der Waals surface area (Å²) in [5.74, 6) is 0. The van der Waals surface area contributed by atoms with Crippen LogP contribution in [0.1, 0.15) is 5.56 Å². The second-order valence-corrected chi connectivity index (χ2v) is 4.31. The van der Waals surface area contributed by atoms with Gasteiger partial charge < -0.3 is 5.32 Å². The first-order chi connectivity index (χ1) is 9.43.